The van der Waals surface area contributed by atoms with E-state index in [2.05, 4.69) is 109 Å². The molecule has 4 aliphatic rings. The van der Waals surface area contributed by atoms with Crippen molar-refractivity contribution in [3.63, 3.8) is 0 Å². The highest BCUT2D eigenvalue weighted by atomic mass is 14.6. The lowest BCUT2D eigenvalue weighted by atomic mass is 9.69. The highest BCUT2D eigenvalue weighted by molar-refractivity contribution is 5.46. The van der Waals surface area contributed by atoms with E-state index in [1.54, 1.807) is 22.3 Å². The summed E-state index contributed by atoms with van der Waals surface area (Å²) in [7, 11) is 0. The fourth-order valence-corrected chi connectivity index (χ4v) is 8.12. The summed E-state index contributed by atoms with van der Waals surface area (Å²) in [6.45, 7) is 33.2. The van der Waals surface area contributed by atoms with Crippen LogP contribution in [0.5, 0.6) is 0 Å². The fraction of sp³-hybridized carbons (Fsp3) is 0.765. The second kappa shape index (κ2) is 9.78. The highest BCUT2D eigenvalue weighted by Gasteiger charge is 2.54. The van der Waals surface area contributed by atoms with Crippen LogP contribution in [-0.2, 0) is 0 Å². The number of allylic oxidation sites excluding steroid dienone is 8. The van der Waals surface area contributed by atoms with Crippen LogP contribution in [-0.4, -0.2) is 0 Å². The van der Waals surface area contributed by atoms with E-state index < -0.39 is 0 Å². The van der Waals surface area contributed by atoms with Crippen molar-refractivity contribution >= 4 is 0 Å². The molecule has 0 radical (unpaired) electrons. The van der Waals surface area contributed by atoms with Crippen LogP contribution in [0.2, 0.25) is 0 Å². The minimum absolute atomic E-state index is 0.500. The van der Waals surface area contributed by atoms with E-state index >= 15 is 0 Å². The van der Waals surface area contributed by atoms with Crippen LogP contribution in [0.3, 0.4) is 0 Å². The molecule has 0 aliphatic heterocycles. The fourth-order valence-electron chi connectivity index (χ4n) is 8.12. The first-order valence-corrected chi connectivity index (χ1v) is 14.3. The normalized spacial score (nSPS) is 42.1. The van der Waals surface area contributed by atoms with Crippen LogP contribution in [0.1, 0.15) is 103 Å². The second-order valence-electron chi connectivity index (χ2n) is 14.5. The predicted octanol–water partition coefficient (Wildman–Crippen LogP) is 10.3. The first-order valence-electron chi connectivity index (χ1n) is 14.3. The quantitative estimate of drug-likeness (QED) is 0.381. The Labute approximate surface area is 213 Å². The van der Waals surface area contributed by atoms with E-state index in [0.717, 1.165) is 47.3 Å². The van der Waals surface area contributed by atoms with Gasteiger partial charge in [-0.25, -0.2) is 0 Å². The van der Waals surface area contributed by atoms with Gasteiger partial charge < -0.3 is 0 Å². The van der Waals surface area contributed by atoms with Crippen LogP contribution in [0.15, 0.2) is 45.6 Å². The first-order chi connectivity index (χ1) is 15.6. The highest BCUT2D eigenvalue weighted by Crippen LogP contribution is 2.61. The molecule has 0 amide bonds. The van der Waals surface area contributed by atoms with Crippen molar-refractivity contribution in [3.05, 3.63) is 45.6 Å². The number of rotatable bonds is 2. The molecule has 2 saturated carbocycles. The van der Waals surface area contributed by atoms with E-state index in [-0.39, 0.29) is 0 Å². The zero-order chi connectivity index (χ0) is 25.9. The summed E-state index contributed by atoms with van der Waals surface area (Å²) in [6, 6.07) is 0. The lowest BCUT2D eigenvalue weighted by Gasteiger charge is -2.36. The van der Waals surface area contributed by atoms with E-state index in [1.165, 1.54) is 17.6 Å². The number of hydrogen-bond acceptors (Lipinski definition) is 0. The molecule has 0 spiro atoms. The van der Waals surface area contributed by atoms with Crippen LogP contribution in [0, 0.1) is 64.6 Å². The molecule has 0 saturated heterocycles. The molecule has 4 rings (SSSR count). The van der Waals surface area contributed by atoms with Crippen molar-refractivity contribution in [2.24, 2.45) is 64.6 Å². The maximum absolute atomic E-state index is 2.66. The largest absolute Gasteiger partial charge is 0.0770 e. The molecular formula is C34H56. The SMILES string of the molecule is CC(C)(C)C.CC1=CC2C3C=C(C)C(C)=C(C)C3C(CC3C(C)C(C)C(C)C3C)C2C(C)=C1C. The summed E-state index contributed by atoms with van der Waals surface area (Å²) >= 11 is 0. The molecule has 0 N–H and O–H groups in total. The van der Waals surface area contributed by atoms with Gasteiger partial charge in [-0.3, -0.25) is 0 Å². The van der Waals surface area contributed by atoms with Crippen LogP contribution >= 0.6 is 0 Å². The number of fused-ring (bicyclic) bond motifs is 3. The van der Waals surface area contributed by atoms with Crippen molar-refractivity contribution in [1.29, 1.82) is 0 Å². The van der Waals surface area contributed by atoms with Gasteiger partial charge in [0.15, 0.2) is 0 Å². The zero-order valence-electron chi connectivity index (χ0n) is 25.1. The third kappa shape index (κ3) is 4.95. The third-order valence-corrected chi connectivity index (χ3v) is 10.8. The van der Waals surface area contributed by atoms with E-state index in [9.17, 15) is 0 Å². The molecule has 0 heteroatoms. The summed E-state index contributed by atoms with van der Waals surface area (Å²) in [5.74, 6) is 8.00. The summed E-state index contributed by atoms with van der Waals surface area (Å²) in [6.07, 6.45) is 6.75. The molecule has 8 atom stereocenters. The lowest BCUT2D eigenvalue weighted by molar-refractivity contribution is 0.204. The summed E-state index contributed by atoms with van der Waals surface area (Å²) in [5.41, 5.74) is 10.1. The second-order valence-corrected chi connectivity index (χ2v) is 14.5. The Hall–Kier alpha value is -1.04. The molecule has 192 valence electrons. The monoisotopic (exact) mass is 464 g/mol. The van der Waals surface area contributed by atoms with Crippen molar-refractivity contribution in [1.82, 2.24) is 0 Å². The van der Waals surface area contributed by atoms with Gasteiger partial charge in [-0.05, 0) is 124 Å². The Morgan fingerprint density at radius 2 is 0.882 bits per heavy atom. The van der Waals surface area contributed by atoms with Gasteiger partial charge in [-0.2, -0.15) is 0 Å². The van der Waals surface area contributed by atoms with Gasteiger partial charge in [0, 0.05) is 0 Å². The van der Waals surface area contributed by atoms with E-state index in [0.29, 0.717) is 17.3 Å². The smallest absolute Gasteiger partial charge is 0.00900 e. The molecule has 8 unspecified atom stereocenters. The topological polar surface area (TPSA) is 0 Å². The standard InChI is InChI=1S/C29H44.C5H12/c1-14-11-25-26-12-15(2)17(4)23(10)29(26)27(28(25)22(9)16(14)3)13-24-20(7)18(5)19(6)21(24)8;1-5(2,3)4/h11-12,18-21,24-29H,13H2,1-10H3;1-4H3. The van der Waals surface area contributed by atoms with Crippen LogP contribution < -0.4 is 0 Å². The Kier molecular flexibility index (Phi) is 7.93. The maximum Gasteiger partial charge on any atom is -0.00900 e. The minimum atomic E-state index is 0.500. The van der Waals surface area contributed by atoms with Gasteiger partial charge in [-0.15, -0.1) is 0 Å². The molecule has 0 aromatic rings. The van der Waals surface area contributed by atoms with Crippen molar-refractivity contribution < 1.29 is 0 Å². The van der Waals surface area contributed by atoms with Crippen LogP contribution in [0.4, 0.5) is 0 Å². The molecular weight excluding hydrogens is 408 g/mol. The predicted molar refractivity (Wildman–Crippen MR) is 152 cm³/mol. The zero-order valence-corrected chi connectivity index (χ0v) is 25.1. The Balaban J connectivity index is 0.000000588. The first kappa shape index (κ1) is 27.5. The Morgan fingerprint density at radius 3 is 1.21 bits per heavy atom. The van der Waals surface area contributed by atoms with E-state index in [1.807, 2.05) is 0 Å². The van der Waals surface area contributed by atoms with Gasteiger partial charge in [0.05, 0.1) is 0 Å². The van der Waals surface area contributed by atoms with Crippen molar-refractivity contribution in [2.75, 3.05) is 0 Å². The molecule has 2 fully saturated rings. The average Bonchev–Trinajstić information content (AvgIpc) is 3.12. The van der Waals surface area contributed by atoms with Gasteiger partial charge in [-0.1, -0.05) is 89.8 Å². The molecule has 0 heterocycles. The molecule has 0 nitrogen and oxygen atoms in total. The maximum atomic E-state index is 2.66. The average molecular weight is 465 g/mol. The van der Waals surface area contributed by atoms with Crippen LogP contribution in [0.25, 0.3) is 0 Å². The van der Waals surface area contributed by atoms with Gasteiger partial charge >= 0.3 is 0 Å². The summed E-state index contributed by atoms with van der Waals surface area (Å²) in [4.78, 5) is 0. The van der Waals surface area contributed by atoms with Gasteiger partial charge in [0.25, 0.3) is 0 Å². The molecule has 0 aromatic heterocycles. The third-order valence-electron chi connectivity index (χ3n) is 10.8. The Bertz CT molecular complexity index is 825. The van der Waals surface area contributed by atoms with Gasteiger partial charge in [0.2, 0.25) is 0 Å². The van der Waals surface area contributed by atoms with Crippen molar-refractivity contribution in [2.45, 2.75) is 103 Å². The lowest BCUT2D eigenvalue weighted by Crippen LogP contribution is -2.28. The molecule has 0 aromatic carbocycles. The summed E-state index contributed by atoms with van der Waals surface area (Å²) < 4.78 is 0. The minimum Gasteiger partial charge on any atom is -0.0770 e. The summed E-state index contributed by atoms with van der Waals surface area (Å²) in [5, 5.41) is 0. The van der Waals surface area contributed by atoms with E-state index in [4.69, 9.17) is 0 Å². The molecule has 0 bridgehead atoms. The Morgan fingerprint density at radius 1 is 0.559 bits per heavy atom. The number of hydrogen-bond donors (Lipinski definition) is 0. The van der Waals surface area contributed by atoms with Crippen molar-refractivity contribution in [3.8, 4) is 0 Å². The van der Waals surface area contributed by atoms with Gasteiger partial charge in [0.1, 0.15) is 0 Å². The molecule has 34 heavy (non-hydrogen) atoms. The molecule has 4 aliphatic carbocycles.